The lowest BCUT2D eigenvalue weighted by molar-refractivity contribution is -0.137. The normalized spacial score (nSPS) is 18.0. The second-order valence-electron chi connectivity index (χ2n) is 6.96. The highest BCUT2D eigenvalue weighted by Gasteiger charge is 2.32. The molecular formula is C16H24ClF3N4. The number of halogens is 4. The molecule has 8 heteroatoms. The van der Waals surface area contributed by atoms with E-state index in [-0.39, 0.29) is 16.4 Å². The number of aromatic nitrogens is 1. The Bertz CT molecular complexity index is 555. The van der Waals surface area contributed by atoms with Crippen molar-refractivity contribution in [2.75, 3.05) is 45.1 Å². The predicted octanol–water partition coefficient (Wildman–Crippen LogP) is 3.58. The fourth-order valence-electron chi connectivity index (χ4n) is 2.58. The first kappa shape index (κ1) is 19.3. The fourth-order valence-corrected chi connectivity index (χ4v) is 2.79. The molecule has 0 atom stereocenters. The van der Waals surface area contributed by atoms with Crippen molar-refractivity contribution in [1.82, 2.24) is 14.8 Å². The van der Waals surface area contributed by atoms with Crippen LogP contribution in [0.15, 0.2) is 12.3 Å². The maximum absolute atomic E-state index is 12.7. The van der Waals surface area contributed by atoms with E-state index in [1.165, 1.54) is 0 Å². The predicted molar refractivity (Wildman–Crippen MR) is 90.5 cm³/mol. The highest BCUT2D eigenvalue weighted by atomic mass is 35.5. The van der Waals surface area contributed by atoms with Gasteiger partial charge in [0.25, 0.3) is 0 Å². The first-order valence-corrected chi connectivity index (χ1v) is 8.36. The SMILES string of the molecule is CN1CCN(CCC(C)(C)Nc2ncc(C(F)(F)F)cc2Cl)CC1. The topological polar surface area (TPSA) is 31.4 Å². The summed E-state index contributed by atoms with van der Waals surface area (Å²) in [5, 5.41) is 3.15. The Balaban J connectivity index is 1.93. The molecule has 1 aromatic heterocycles. The van der Waals surface area contributed by atoms with Crippen molar-refractivity contribution in [3.05, 3.63) is 22.8 Å². The lowest BCUT2D eigenvalue weighted by atomic mass is 10.00. The van der Waals surface area contributed by atoms with Crippen molar-refractivity contribution in [3.63, 3.8) is 0 Å². The van der Waals surface area contributed by atoms with Crippen molar-refractivity contribution in [2.24, 2.45) is 0 Å². The molecule has 0 aliphatic carbocycles. The number of hydrogen-bond donors (Lipinski definition) is 1. The number of likely N-dealkylation sites (N-methyl/N-ethyl adjacent to an activating group) is 1. The number of piperazine rings is 1. The Morgan fingerprint density at radius 1 is 1.21 bits per heavy atom. The maximum atomic E-state index is 12.7. The summed E-state index contributed by atoms with van der Waals surface area (Å²) < 4.78 is 38.0. The quantitative estimate of drug-likeness (QED) is 0.865. The third kappa shape index (κ3) is 5.50. The summed E-state index contributed by atoms with van der Waals surface area (Å²) in [4.78, 5) is 8.54. The van der Waals surface area contributed by atoms with Crippen molar-refractivity contribution in [3.8, 4) is 0 Å². The summed E-state index contributed by atoms with van der Waals surface area (Å²) >= 11 is 5.97. The van der Waals surface area contributed by atoms with Crippen molar-refractivity contribution in [2.45, 2.75) is 32.0 Å². The van der Waals surface area contributed by atoms with Gasteiger partial charge in [0.05, 0.1) is 10.6 Å². The van der Waals surface area contributed by atoms with E-state index in [1.54, 1.807) is 0 Å². The number of hydrogen-bond acceptors (Lipinski definition) is 4. The van der Waals surface area contributed by atoms with Gasteiger partial charge in [-0.2, -0.15) is 13.2 Å². The van der Waals surface area contributed by atoms with Crippen LogP contribution in [0.2, 0.25) is 5.02 Å². The molecule has 136 valence electrons. The Morgan fingerprint density at radius 2 is 1.83 bits per heavy atom. The van der Waals surface area contributed by atoms with Crippen LogP contribution < -0.4 is 5.32 Å². The van der Waals surface area contributed by atoms with Crippen LogP contribution in [0.3, 0.4) is 0 Å². The van der Waals surface area contributed by atoms with Gasteiger partial charge < -0.3 is 15.1 Å². The van der Waals surface area contributed by atoms with E-state index in [2.05, 4.69) is 27.1 Å². The second kappa shape index (κ2) is 7.45. The minimum atomic E-state index is -4.44. The summed E-state index contributed by atoms with van der Waals surface area (Å²) in [6, 6.07) is 0.910. The molecule has 0 radical (unpaired) electrons. The molecule has 1 fully saturated rings. The standard InChI is InChI=1S/C16H24ClF3N4/c1-15(2,4-5-24-8-6-23(3)7-9-24)22-14-13(17)10-12(11-21-14)16(18,19)20/h10-11H,4-9H2,1-3H3,(H,21,22). The van der Waals surface area contributed by atoms with E-state index in [0.717, 1.165) is 51.4 Å². The highest BCUT2D eigenvalue weighted by Crippen LogP contribution is 2.33. The van der Waals surface area contributed by atoms with Gasteiger partial charge in [-0.25, -0.2) is 4.98 Å². The Labute approximate surface area is 146 Å². The van der Waals surface area contributed by atoms with Crippen molar-refractivity contribution in [1.29, 1.82) is 0 Å². The lowest BCUT2D eigenvalue weighted by Crippen LogP contribution is -2.46. The number of anilines is 1. The third-order valence-corrected chi connectivity index (χ3v) is 4.56. The smallest absolute Gasteiger partial charge is 0.364 e. The van der Waals surface area contributed by atoms with Gasteiger partial charge in [0.1, 0.15) is 5.82 Å². The van der Waals surface area contributed by atoms with E-state index < -0.39 is 11.7 Å². The minimum absolute atomic E-state index is 0.0162. The monoisotopic (exact) mass is 364 g/mol. The van der Waals surface area contributed by atoms with E-state index in [4.69, 9.17) is 11.6 Å². The fraction of sp³-hybridized carbons (Fsp3) is 0.688. The average molecular weight is 365 g/mol. The molecule has 1 aliphatic heterocycles. The van der Waals surface area contributed by atoms with Crippen molar-refractivity contribution < 1.29 is 13.2 Å². The molecule has 0 amide bonds. The number of rotatable bonds is 5. The van der Waals surface area contributed by atoms with Crippen LogP contribution in [0.4, 0.5) is 19.0 Å². The van der Waals surface area contributed by atoms with E-state index in [9.17, 15) is 13.2 Å². The minimum Gasteiger partial charge on any atom is -0.364 e. The summed E-state index contributed by atoms with van der Waals surface area (Å²) in [6.07, 6.45) is -2.79. The highest BCUT2D eigenvalue weighted by molar-refractivity contribution is 6.33. The van der Waals surface area contributed by atoms with Crippen LogP contribution >= 0.6 is 11.6 Å². The molecule has 0 unspecified atom stereocenters. The summed E-state index contributed by atoms with van der Waals surface area (Å²) in [6.45, 7) is 9.10. The van der Waals surface area contributed by atoms with Crippen LogP contribution in [0.1, 0.15) is 25.8 Å². The number of nitrogens with one attached hydrogen (secondary N) is 1. The summed E-state index contributed by atoms with van der Waals surface area (Å²) in [5.41, 5.74) is -1.16. The molecule has 1 saturated heterocycles. The summed E-state index contributed by atoms with van der Waals surface area (Å²) in [7, 11) is 2.11. The van der Waals surface area contributed by atoms with Gasteiger partial charge >= 0.3 is 6.18 Å². The molecule has 0 bridgehead atoms. The molecular weight excluding hydrogens is 341 g/mol. The molecule has 0 spiro atoms. The van der Waals surface area contributed by atoms with E-state index in [1.807, 2.05) is 13.8 Å². The van der Waals surface area contributed by atoms with E-state index >= 15 is 0 Å². The Kier molecular flexibility index (Phi) is 5.99. The van der Waals surface area contributed by atoms with Gasteiger partial charge in [0.2, 0.25) is 0 Å². The zero-order valence-electron chi connectivity index (χ0n) is 14.3. The van der Waals surface area contributed by atoms with Gasteiger partial charge in [0.15, 0.2) is 0 Å². The summed E-state index contributed by atoms with van der Waals surface area (Å²) in [5.74, 6) is 0.285. The molecule has 0 aromatic carbocycles. The van der Waals surface area contributed by atoms with Gasteiger partial charge in [-0.3, -0.25) is 0 Å². The van der Waals surface area contributed by atoms with Crippen LogP contribution in [-0.2, 0) is 6.18 Å². The number of pyridine rings is 1. The lowest BCUT2D eigenvalue weighted by Gasteiger charge is -2.35. The first-order valence-electron chi connectivity index (χ1n) is 7.99. The maximum Gasteiger partial charge on any atom is 0.417 e. The number of alkyl halides is 3. The van der Waals surface area contributed by atoms with Gasteiger partial charge in [-0.1, -0.05) is 11.6 Å². The van der Waals surface area contributed by atoms with E-state index in [0.29, 0.717) is 0 Å². The van der Waals surface area contributed by atoms with Crippen LogP contribution in [-0.4, -0.2) is 60.1 Å². The van der Waals surface area contributed by atoms with Gasteiger partial charge in [0, 0.05) is 44.5 Å². The second-order valence-corrected chi connectivity index (χ2v) is 7.36. The van der Waals surface area contributed by atoms with Crippen molar-refractivity contribution >= 4 is 17.4 Å². The average Bonchev–Trinajstić information content (AvgIpc) is 2.47. The molecule has 2 rings (SSSR count). The van der Waals surface area contributed by atoms with Crippen LogP contribution in [0.25, 0.3) is 0 Å². The molecule has 1 aromatic rings. The third-order valence-electron chi connectivity index (χ3n) is 4.27. The molecule has 2 heterocycles. The largest absolute Gasteiger partial charge is 0.417 e. The van der Waals surface area contributed by atoms with Crippen LogP contribution in [0, 0.1) is 0 Å². The van der Waals surface area contributed by atoms with Crippen LogP contribution in [0.5, 0.6) is 0 Å². The molecule has 1 N–H and O–H groups in total. The Hall–Kier alpha value is -1.05. The Morgan fingerprint density at radius 3 is 2.38 bits per heavy atom. The zero-order valence-corrected chi connectivity index (χ0v) is 15.0. The first-order chi connectivity index (χ1) is 11.1. The van der Waals surface area contributed by atoms with Gasteiger partial charge in [-0.15, -0.1) is 0 Å². The van der Waals surface area contributed by atoms with Gasteiger partial charge in [-0.05, 0) is 33.4 Å². The zero-order chi connectivity index (χ0) is 18.0. The molecule has 24 heavy (non-hydrogen) atoms. The molecule has 4 nitrogen and oxygen atoms in total. The molecule has 0 saturated carbocycles. The molecule has 1 aliphatic rings. The number of nitrogens with zero attached hydrogens (tertiary/aromatic N) is 3.